The summed E-state index contributed by atoms with van der Waals surface area (Å²) in [4.78, 5) is 12.1. The standard InChI is InChI=1S/C24H30N4O4/c1-24(2,3)32-23(29)27-19-4-6-20(7-5-19)31-21-12-17(16-8-10-30-11-9-16)15-28-22(21)18(13-25)14-26-28/h8,12,14-15,19-20H,4-7,9-11H2,1-3H3,(H,27,29). The maximum atomic E-state index is 12.1. The van der Waals surface area contributed by atoms with E-state index < -0.39 is 5.60 Å². The van der Waals surface area contributed by atoms with Crippen LogP contribution >= 0.6 is 0 Å². The molecule has 1 saturated carbocycles. The maximum absolute atomic E-state index is 12.1. The van der Waals surface area contributed by atoms with Gasteiger partial charge in [-0.25, -0.2) is 9.31 Å². The largest absolute Gasteiger partial charge is 0.488 e. The zero-order valence-electron chi connectivity index (χ0n) is 18.9. The van der Waals surface area contributed by atoms with Crippen molar-refractivity contribution < 1.29 is 19.0 Å². The van der Waals surface area contributed by atoms with E-state index in [2.05, 4.69) is 22.6 Å². The zero-order valence-corrected chi connectivity index (χ0v) is 18.9. The molecule has 0 atom stereocenters. The second-order valence-electron chi connectivity index (χ2n) is 9.35. The summed E-state index contributed by atoms with van der Waals surface area (Å²) < 4.78 is 18.9. The fourth-order valence-electron chi connectivity index (χ4n) is 4.20. The van der Waals surface area contributed by atoms with Crippen molar-refractivity contribution in [3.63, 3.8) is 0 Å². The van der Waals surface area contributed by atoms with E-state index in [0.29, 0.717) is 30.0 Å². The lowest BCUT2D eigenvalue weighted by Crippen LogP contribution is -2.42. The molecule has 2 aromatic heterocycles. The van der Waals surface area contributed by atoms with Gasteiger partial charge >= 0.3 is 6.09 Å². The van der Waals surface area contributed by atoms with E-state index >= 15 is 0 Å². The number of hydrogen-bond donors (Lipinski definition) is 1. The summed E-state index contributed by atoms with van der Waals surface area (Å²) in [6.07, 6.45) is 9.31. The van der Waals surface area contributed by atoms with E-state index in [1.165, 1.54) is 5.57 Å². The van der Waals surface area contributed by atoms with Gasteiger partial charge in [-0.15, -0.1) is 0 Å². The minimum atomic E-state index is -0.510. The van der Waals surface area contributed by atoms with Crippen molar-refractivity contribution in [2.45, 2.75) is 70.6 Å². The number of nitrogens with one attached hydrogen (secondary N) is 1. The molecule has 2 aromatic rings. The van der Waals surface area contributed by atoms with Crippen molar-refractivity contribution in [3.8, 4) is 11.8 Å². The molecule has 0 saturated heterocycles. The number of pyridine rings is 1. The number of amides is 1. The van der Waals surface area contributed by atoms with Gasteiger partial charge in [-0.1, -0.05) is 6.08 Å². The molecular weight excluding hydrogens is 408 g/mol. The van der Waals surface area contributed by atoms with E-state index in [9.17, 15) is 10.1 Å². The monoisotopic (exact) mass is 438 g/mol. The third-order valence-corrected chi connectivity index (χ3v) is 5.72. The highest BCUT2D eigenvalue weighted by molar-refractivity contribution is 5.75. The minimum absolute atomic E-state index is 0.0100. The number of fused-ring (bicyclic) bond motifs is 1. The van der Waals surface area contributed by atoms with E-state index in [0.717, 1.165) is 37.7 Å². The van der Waals surface area contributed by atoms with Crippen molar-refractivity contribution >= 4 is 17.2 Å². The van der Waals surface area contributed by atoms with E-state index in [1.807, 2.05) is 33.0 Å². The summed E-state index contributed by atoms with van der Waals surface area (Å²) >= 11 is 0. The number of alkyl carbamates (subject to hydrolysis) is 1. The molecule has 2 aliphatic rings. The second kappa shape index (κ2) is 9.21. The molecule has 1 aliphatic heterocycles. The van der Waals surface area contributed by atoms with Crippen LogP contribution < -0.4 is 10.1 Å². The van der Waals surface area contributed by atoms with Gasteiger partial charge in [-0.2, -0.15) is 10.4 Å². The molecule has 0 radical (unpaired) electrons. The van der Waals surface area contributed by atoms with Crippen LogP contribution in [0.4, 0.5) is 4.79 Å². The summed E-state index contributed by atoms with van der Waals surface area (Å²) in [5.74, 6) is 0.674. The fourth-order valence-corrected chi connectivity index (χ4v) is 4.20. The van der Waals surface area contributed by atoms with Crippen LogP contribution in [0, 0.1) is 11.3 Å². The summed E-state index contributed by atoms with van der Waals surface area (Å²) in [6, 6.07) is 4.31. The number of carbonyl (C=O) groups is 1. The number of nitriles is 1. The Balaban J connectivity index is 1.47. The Morgan fingerprint density at radius 2 is 2.09 bits per heavy atom. The first-order chi connectivity index (χ1) is 15.3. The van der Waals surface area contributed by atoms with Gasteiger partial charge in [0.05, 0.1) is 25.5 Å². The Morgan fingerprint density at radius 1 is 1.31 bits per heavy atom. The fraction of sp³-hybridized carbons (Fsp3) is 0.542. The summed E-state index contributed by atoms with van der Waals surface area (Å²) in [5.41, 5.74) is 2.90. The average Bonchev–Trinajstić information content (AvgIpc) is 3.18. The van der Waals surface area contributed by atoms with Gasteiger partial charge in [-0.3, -0.25) is 0 Å². The van der Waals surface area contributed by atoms with Crippen molar-refractivity contribution in [2.24, 2.45) is 0 Å². The van der Waals surface area contributed by atoms with Crippen LogP contribution in [0.3, 0.4) is 0 Å². The molecule has 3 heterocycles. The van der Waals surface area contributed by atoms with Crippen LogP contribution in [0.1, 0.15) is 64.0 Å². The average molecular weight is 439 g/mol. The van der Waals surface area contributed by atoms with Crippen molar-refractivity contribution in [3.05, 3.63) is 35.7 Å². The van der Waals surface area contributed by atoms with Crippen molar-refractivity contribution in [1.82, 2.24) is 14.9 Å². The smallest absolute Gasteiger partial charge is 0.407 e. The van der Waals surface area contributed by atoms with Crippen LogP contribution in [0.5, 0.6) is 5.75 Å². The van der Waals surface area contributed by atoms with Crippen molar-refractivity contribution in [1.29, 1.82) is 5.26 Å². The van der Waals surface area contributed by atoms with Gasteiger partial charge in [0.15, 0.2) is 0 Å². The SMILES string of the molecule is CC(C)(C)OC(=O)NC1CCC(Oc2cc(C3=CCOCC3)cn3ncc(C#N)c23)CC1. The third kappa shape index (κ3) is 5.22. The molecular formula is C24H30N4O4. The maximum Gasteiger partial charge on any atom is 0.407 e. The lowest BCUT2D eigenvalue weighted by atomic mass is 9.93. The lowest BCUT2D eigenvalue weighted by molar-refractivity contribution is 0.0471. The highest BCUT2D eigenvalue weighted by atomic mass is 16.6. The van der Waals surface area contributed by atoms with Crippen LogP contribution in [0.25, 0.3) is 11.1 Å². The molecule has 8 heteroatoms. The molecule has 8 nitrogen and oxygen atoms in total. The van der Waals surface area contributed by atoms with Gasteiger partial charge in [-0.05, 0) is 70.1 Å². The predicted octanol–water partition coefficient (Wildman–Crippen LogP) is 4.22. The predicted molar refractivity (Wildman–Crippen MR) is 119 cm³/mol. The Labute approximate surface area is 188 Å². The number of hydrogen-bond acceptors (Lipinski definition) is 6. The highest BCUT2D eigenvalue weighted by Gasteiger charge is 2.27. The summed E-state index contributed by atoms with van der Waals surface area (Å²) in [6.45, 7) is 6.86. The van der Waals surface area contributed by atoms with Crippen LogP contribution in [-0.2, 0) is 9.47 Å². The van der Waals surface area contributed by atoms with E-state index in [1.54, 1.807) is 10.7 Å². The molecule has 0 bridgehead atoms. The molecule has 0 spiro atoms. The Morgan fingerprint density at radius 3 is 2.75 bits per heavy atom. The van der Waals surface area contributed by atoms with Gasteiger partial charge in [0, 0.05) is 12.2 Å². The molecule has 4 rings (SSSR count). The molecule has 1 fully saturated rings. The van der Waals surface area contributed by atoms with Gasteiger partial charge in [0.25, 0.3) is 0 Å². The molecule has 1 amide bonds. The van der Waals surface area contributed by atoms with E-state index in [4.69, 9.17) is 14.2 Å². The van der Waals surface area contributed by atoms with Crippen LogP contribution in [-0.4, -0.2) is 46.7 Å². The Kier molecular flexibility index (Phi) is 6.38. The quantitative estimate of drug-likeness (QED) is 0.767. The Hall–Kier alpha value is -3.05. The molecule has 170 valence electrons. The number of nitrogens with zero attached hydrogens (tertiary/aromatic N) is 3. The normalized spacial score (nSPS) is 21.5. The zero-order chi connectivity index (χ0) is 22.7. The lowest BCUT2D eigenvalue weighted by Gasteiger charge is -2.30. The van der Waals surface area contributed by atoms with Crippen LogP contribution in [0.15, 0.2) is 24.5 Å². The number of aromatic nitrogens is 2. The van der Waals surface area contributed by atoms with Gasteiger partial charge in [0.1, 0.15) is 28.5 Å². The number of rotatable bonds is 4. The summed E-state index contributed by atoms with van der Waals surface area (Å²) in [5, 5.41) is 16.9. The molecule has 1 aliphatic carbocycles. The third-order valence-electron chi connectivity index (χ3n) is 5.72. The Bertz CT molecular complexity index is 1050. The second-order valence-corrected chi connectivity index (χ2v) is 9.35. The van der Waals surface area contributed by atoms with Crippen molar-refractivity contribution in [2.75, 3.05) is 13.2 Å². The first-order valence-electron chi connectivity index (χ1n) is 11.2. The van der Waals surface area contributed by atoms with Gasteiger partial charge in [0.2, 0.25) is 0 Å². The molecule has 0 unspecified atom stereocenters. The van der Waals surface area contributed by atoms with Crippen LogP contribution in [0.2, 0.25) is 0 Å². The van der Waals surface area contributed by atoms with E-state index in [-0.39, 0.29) is 18.2 Å². The number of carbonyl (C=O) groups excluding carboxylic acids is 1. The summed E-state index contributed by atoms with van der Waals surface area (Å²) in [7, 11) is 0. The first-order valence-corrected chi connectivity index (χ1v) is 11.2. The molecule has 32 heavy (non-hydrogen) atoms. The topological polar surface area (TPSA) is 97.9 Å². The first kappa shape index (κ1) is 22.2. The van der Waals surface area contributed by atoms with Gasteiger partial charge < -0.3 is 19.5 Å². The number of ether oxygens (including phenoxy) is 3. The minimum Gasteiger partial charge on any atom is -0.488 e. The molecule has 1 N–H and O–H groups in total. The highest BCUT2D eigenvalue weighted by Crippen LogP contribution is 2.33. The molecule has 0 aromatic carbocycles.